The molecule has 9 heteroatoms. The molecule has 3 rings (SSSR count). The Kier molecular flexibility index (Phi) is 6.39. The number of carbonyl (C=O) groups is 2. The molecule has 9 nitrogen and oxygen atoms in total. The second kappa shape index (κ2) is 8.98. The number of carbonyl (C=O) groups excluding carboxylic acids is 1. The van der Waals surface area contributed by atoms with Gasteiger partial charge in [0.15, 0.2) is 5.75 Å². The highest BCUT2D eigenvalue weighted by Gasteiger charge is 2.26. The second-order valence-corrected chi connectivity index (χ2v) is 7.96. The molecule has 1 fully saturated rings. The molecule has 1 aliphatic heterocycles. The predicted molar refractivity (Wildman–Crippen MR) is 110 cm³/mol. The monoisotopic (exact) mass is 414 g/mol. The van der Waals surface area contributed by atoms with Crippen LogP contribution in [0.4, 0.5) is 10.7 Å². The van der Waals surface area contributed by atoms with Crippen LogP contribution in [0.25, 0.3) is 0 Å². The van der Waals surface area contributed by atoms with Crippen LogP contribution in [-0.4, -0.2) is 63.8 Å². The number of hydrogen-bond donors (Lipinski definition) is 1. The van der Waals surface area contributed by atoms with E-state index >= 15 is 0 Å². The molecule has 1 saturated heterocycles. The maximum Gasteiger partial charge on any atom is 0.410 e. The van der Waals surface area contributed by atoms with Crippen molar-refractivity contribution < 1.29 is 24.2 Å². The fourth-order valence-electron chi connectivity index (χ4n) is 2.87. The van der Waals surface area contributed by atoms with Crippen LogP contribution in [0.5, 0.6) is 5.75 Å². The highest BCUT2D eigenvalue weighted by molar-refractivity contribution is 5.87. The lowest BCUT2D eigenvalue weighted by Crippen LogP contribution is -2.50. The van der Waals surface area contributed by atoms with Crippen molar-refractivity contribution in [1.82, 2.24) is 14.9 Å². The first-order chi connectivity index (χ1) is 14.2. The maximum absolute atomic E-state index is 12.2. The van der Waals surface area contributed by atoms with Crippen LogP contribution >= 0.6 is 0 Å². The van der Waals surface area contributed by atoms with E-state index in [4.69, 9.17) is 14.6 Å². The summed E-state index contributed by atoms with van der Waals surface area (Å²) in [4.78, 5) is 35.4. The van der Waals surface area contributed by atoms with E-state index in [1.54, 1.807) is 29.4 Å². The van der Waals surface area contributed by atoms with Gasteiger partial charge >= 0.3 is 12.1 Å². The van der Waals surface area contributed by atoms with Gasteiger partial charge < -0.3 is 24.4 Å². The quantitative estimate of drug-likeness (QED) is 0.796. The number of amides is 1. The van der Waals surface area contributed by atoms with Crippen molar-refractivity contribution in [2.24, 2.45) is 0 Å². The number of anilines is 1. The van der Waals surface area contributed by atoms with Crippen molar-refractivity contribution in [3.8, 4) is 5.75 Å². The van der Waals surface area contributed by atoms with E-state index in [9.17, 15) is 9.59 Å². The normalized spacial score (nSPS) is 14.4. The lowest BCUT2D eigenvalue weighted by Gasteiger charge is -2.35. The van der Waals surface area contributed by atoms with Gasteiger partial charge in [-0.25, -0.2) is 19.6 Å². The van der Waals surface area contributed by atoms with Crippen LogP contribution in [0.1, 0.15) is 36.7 Å². The summed E-state index contributed by atoms with van der Waals surface area (Å²) in [6, 6.07) is 6.50. The fourth-order valence-corrected chi connectivity index (χ4v) is 2.87. The van der Waals surface area contributed by atoms with Crippen molar-refractivity contribution in [3.63, 3.8) is 0 Å². The highest BCUT2D eigenvalue weighted by Crippen LogP contribution is 2.17. The Morgan fingerprint density at radius 3 is 2.17 bits per heavy atom. The van der Waals surface area contributed by atoms with Crippen molar-refractivity contribution in [3.05, 3.63) is 47.8 Å². The lowest BCUT2D eigenvalue weighted by atomic mass is 10.1. The molecule has 1 N–H and O–H groups in total. The van der Waals surface area contributed by atoms with Gasteiger partial charge in [-0.2, -0.15) is 0 Å². The topological polar surface area (TPSA) is 105 Å². The van der Waals surface area contributed by atoms with Gasteiger partial charge in [0.2, 0.25) is 5.95 Å². The Balaban J connectivity index is 1.49. The van der Waals surface area contributed by atoms with Gasteiger partial charge in [-0.3, -0.25) is 0 Å². The third-order valence-corrected chi connectivity index (χ3v) is 4.44. The van der Waals surface area contributed by atoms with E-state index < -0.39 is 11.6 Å². The third kappa shape index (κ3) is 5.82. The number of carboxylic acid groups (broad SMARTS) is 1. The molecule has 1 aromatic carbocycles. The van der Waals surface area contributed by atoms with Crippen molar-refractivity contribution in [2.45, 2.75) is 33.0 Å². The molecule has 1 amide bonds. The van der Waals surface area contributed by atoms with E-state index in [0.29, 0.717) is 37.9 Å². The summed E-state index contributed by atoms with van der Waals surface area (Å²) in [6.07, 6.45) is 2.91. The number of ether oxygens (including phenoxy) is 2. The molecule has 2 heterocycles. The molecule has 0 spiro atoms. The standard InChI is InChI=1S/C21H26N4O5/c1-21(2,3)30-20(28)25-10-8-24(9-11-25)19-22-12-17(13-23-19)29-14-15-4-6-16(7-5-15)18(26)27/h4-7,12-13H,8-11,14H2,1-3H3,(H,26,27). The lowest BCUT2D eigenvalue weighted by molar-refractivity contribution is 0.0240. The van der Waals surface area contributed by atoms with Crippen molar-refractivity contribution in [1.29, 1.82) is 0 Å². The first kappa shape index (κ1) is 21.4. The summed E-state index contributed by atoms with van der Waals surface area (Å²) in [5, 5.41) is 8.93. The average molecular weight is 414 g/mol. The number of rotatable bonds is 5. The first-order valence-corrected chi connectivity index (χ1v) is 9.71. The Morgan fingerprint density at radius 1 is 1.03 bits per heavy atom. The third-order valence-electron chi connectivity index (χ3n) is 4.44. The molecule has 0 saturated carbocycles. The molecule has 0 aliphatic carbocycles. The molecule has 0 atom stereocenters. The minimum Gasteiger partial charge on any atom is -0.486 e. The smallest absolute Gasteiger partial charge is 0.410 e. The van der Waals surface area contributed by atoms with E-state index in [1.807, 2.05) is 25.7 Å². The molecular weight excluding hydrogens is 388 g/mol. The van der Waals surface area contributed by atoms with Gasteiger partial charge in [0, 0.05) is 26.2 Å². The first-order valence-electron chi connectivity index (χ1n) is 9.71. The van der Waals surface area contributed by atoms with Gasteiger partial charge in [0.05, 0.1) is 18.0 Å². The Morgan fingerprint density at radius 2 is 1.63 bits per heavy atom. The van der Waals surface area contributed by atoms with Crippen molar-refractivity contribution >= 4 is 18.0 Å². The van der Waals surface area contributed by atoms with E-state index in [1.165, 1.54) is 12.1 Å². The molecule has 1 aromatic heterocycles. The van der Waals surface area contributed by atoms with Gasteiger partial charge in [0.1, 0.15) is 12.2 Å². The summed E-state index contributed by atoms with van der Waals surface area (Å²) in [5.41, 5.74) is 0.575. The van der Waals surface area contributed by atoms with E-state index in [-0.39, 0.29) is 18.3 Å². The zero-order valence-corrected chi connectivity index (χ0v) is 17.4. The second-order valence-electron chi connectivity index (χ2n) is 7.96. The zero-order chi connectivity index (χ0) is 21.7. The molecule has 2 aromatic rings. The van der Waals surface area contributed by atoms with Gasteiger partial charge in [-0.1, -0.05) is 12.1 Å². The largest absolute Gasteiger partial charge is 0.486 e. The van der Waals surface area contributed by atoms with Crippen LogP contribution in [0, 0.1) is 0 Å². The predicted octanol–water partition coefficient (Wildman–Crippen LogP) is 2.81. The van der Waals surface area contributed by atoms with Crippen LogP contribution in [0.3, 0.4) is 0 Å². The summed E-state index contributed by atoms with van der Waals surface area (Å²) in [6.45, 7) is 8.17. The number of nitrogens with zero attached hydrogens (tertiary/aromatic N) is 4. The summed E-state index contributed by atoms with van der Waals surface area (Å²) in [5.74, 6) is 0.142. The number of piperazine rings is 1. The molecule has 0 bridgehead atoms. The maximum atomic E-state index is 12.2. The van der Waals surface area contributed by atoms with E-state index in [2.05, 4.69) is 9.97 Å². The van der Waals surface area contributed by atoms with Gasteiger partial charge in [-0.15, -0.1) is 0 Å². The van der Waals surface area contributed by atoms with Crippen LogP contribution in [0.15, 0.2) is 36.7 Å². The SMILES string of the molecule is CC(C)(C)OC(=O)N1CCN(c2ncc(OCc3ccc(C(=O)O)cc3)cn2)CC1. The molecule has 0 unspecified atom stereocenters. The summed E-state index contributed by atoms with van der Waals surface area (Å²) in [7, 11) is 0. The summed E-state index contributed by atoms with van der Waals surface area (Å²) >= 11 is 0. The summed E-state index contributed by atoms with van der Waals surface area (Å²) < 4.78 is 11.1. The number of carboxylic acids is 1. The van der Waals surface area contributed by atoms with Crippen LogP contribution in [0.2, 0.25) is 0 Å². The Labute approximate surface area is 175 Å². The highest BCUT2D eigenvalue weighted by atomic mass is 16.6. The Hall–Kier alpha value is -3.36. The Bertz CT molecular complexity index is 870. The molecule has 160 valence electrons. The van der Waals surface area contributed by atoms with Gasteiger partial charge in [-0.05, 0) is 38.5 Å². The number of benzene rings is 1. The number of hydrogen-bond acceptors (Lipinski definition) is 7. The minimum absolute atomic E-state index is 0.234. The minimum atomic E-state index is -0.960. The number of aromatic carboxylic acids is 1. The number of aromatic nitrogens is 2. The van der Waals surface area contributed by atoms with Crippen LogP contribution < -0.4 is 9.64 Å². The molecule has 1 aliphatic rings. The van der Waals surface area contributed by atoms with E-state index in [0.717, 1.165) is 5.56 Å². The molecular formula is C21H26N4O5. The van der Waals surface area contributed by atoms with Crippen LogP contribution in [-0.2, 0) is 11.3 Å². The van der Waals surface area contributed by atoms with Crippen molar-refractivity contribution in [2.75, 3.05) is 31.1 Å². The zero-order valence-electron chi connectivity index (χ0n) is 17.4. The average Bonchev–Trinajstić information content (AvgIpc) is 2.72. The molecule has 30 heavy (non-hydrogen) atoms. The molecule has 0 radical (unpaired) electrons. The fraction of sp³-hybridized carbons (Fsp3) is 0.429. The van der Waals surface area contributed by atoms with Gasteiger partial charge in [0.25, 0.3) is 0 Å².